The summed E-state index contributed by atoms with van der Waals surface area (Å²) in [7, 11) is 0. The van der Waals surface area contributed by atoms with Gasteiger partial charge in [0.05, 0.1) is 17.8 Å². The lowest BCUT2D eigenvalue weighted by Crippen LogP contribution is -2.55. The number of alkyl halides is 3. The largest absolute Gasteiger partial charge is 0.419 e. The Hall–Kier alpha value is -2.37. The highest BCUT2D eigenvalue weighted by atomic mass is 35.5. The normalized spacial score (nSPS) is 24.8. The number of hydrogen-bond acceptors (Lipinski definition) is 5. The molecule has 8 nitrogen and oxygen atoms in total. The molecule has 0 unspecified atom stereocenters. The molecule has 0 bridgehead atoms. The summed E-state index contributed by atoms with van der Waals surface area (Å²) in [5, 5.41) is 19.3. The maximum atomic E-state index is 13.7. The molecule has 12 heteroatoms. The van der Waals surface area contributed by atoms with Gasteiger partial charge in [-0.15, -0.1) is 0 Å². The van der Waals surface area contributed by atoms with E-state index in [1.165, 1.54) is 16.0 Å². The fourth-order valence-corrected chi connectivity index (χ4v) is 4.99. The van der Waals surface area contributed by atoms with Crippen LogP contribution in [0.2, 0.25) is 5.15 Å². The molecule has 0 spiro atoms. The smallest absolute Gasteiger partial charge is 0.390 e. The highest BCUT2D eigenvalue weighted by molar-refractivity contribution is 6.33. The minimum atomic E-state index is -4.67. The molecule has 1 aliphatic heterocycles. The summed E-state index contributed by atoms with van der Waals surface area (Å²) in [5.41, 5.74) is -1.23. The standard InChI is InChI=1S/C21H22ClF3N4O4/c22-18-17(26-19-13(21(23,24)25)5-11(8-29(18)19)10-1-2-10)20(33)27-3-4-28(16(32)9-27)12-6-14(30)15(31)7-12/h5,8,10,12,14-15,30-31H,1-4,6-7,9H2/t14-,15-/m0/s1. The molecule has 2 atom stereocenters. The van der Waals surface area contributed by atoms with Crippen molar-refractivity contribution in [2.45, 2.75) is 56.0 Å². The van der Waals surface area contributed by atoms with Gasteiger partial charge in [0.15, 0.2) is 11.3 Å². The lowest BCUT2D eigenvalue weighted by Gasteiger charge is -2.37. The van der Waals surface area contributed by atoms with E-state index in [0.717, 1.165) is 23.3 Å². The van der Waals surface area contributed by atoms with E-state index in [1.807, 2.05) is 0 Å². The third-order valence-electron chi connectivity index (χ3n) is 6.70. The average molecular weight is 487 g/mol. The van der Waals surface area contributed by atoms with Gasteiger partial charge in [0.2, 0.25) is 5.91 Å². The summed E-state index contributed by atoms with van der Waals surface area (Å²) < 4.78 is 42.2. The van der Waals surface area contributed by atoms with Crippen LogP contribution >= 0.6 is 11.6 Å². The fourth-order valence-electron chi connectivity index (χ4n) is 4.74. The van der Waals surface area contributed by atoms with Crippen LogP contribution in [-0.4, -0.2) is 79.1 Å². The summed E-state index contributed by atoms with van der Waals surface area (Å²) >= 11 is 6.33. The molecule has 2 aromatic heterocycles. The second kappa shape index (κ2) is 7.85. The van der Waals surface area contributed by atoms with Crippen LogP contribution in [0.5, 0.6) is 0 Å². The van der Waals surface area contributed by atoms with E-state index in [4.69, 9.17) is 11.6 Å². The minimum absolute atomic E-state index is 0.0337. The second-order valence-electron chi connectivity index (χ2n) is 8.98. The lowest BCUT2D eigenvalue weighted by atomic mass is 10.1. The lowest BCUT2D eigenvalue weighted by molar-refractivity contribution is -0.138. The van der Waals surface area contributed by atoms with Gasteiger partial charge in [0, 0.05) is 25.3 Å². The number of aliphatic hydroxyl groups excluding tert-OH is 2. The van der Waals surface area contributed by atoms with E-state index < -0.39 is 35.5 Å². The number of aliphatic hydroxyl groups is 2. The number of pyridine rings is 1. The molecule has 5 rings (SSSR count). The molecule has 2 N–H and O–H groups in total. The molecule has 0 radical (unpaired) electrons. The van der Waals surface area contributed by atoms with Crippen molar-refractivity contribution in [2.24, 2.45) is 0 Å². The Morgan fingerprint density at radius 2 is 1.82 bits per heavy atom. The average Bonchev–Trinajstić information content (AvgIpc) is 3.48. The van der Waals surface area contributed by atoms with Crippen molar-refractivity contribution in [3.05, 3.63) is 34.2 Å². The van der Waals surface area contributed by atoms with E-state index in [1.54, 1.807) is 0 Å². The van der Waals surface area contributed by atoms with Crippen molar-refractivity contribution in [1.82, 2.24) is 19.2 Å². The van der Waals surface area contributed by atoms with E-state index in [9.17, 15) is 33.0 Å². The molecular weight excluding hydrogens is 465 g/mol. The number of imidazole rings is 1. The Morgan fingerprint density at radius 1 is 1.15 bits per heavy atom. The monoisotopic (exact) mass is 486 g/mol. The van der Waals surface area contributed by atoms with Crippen molar-refractivity contribution in [3.8, 4) is 0 Å². The van der Waals surface area contributed by atoms with Gasteiger partial charge in [-0.05, 0) is 43.2 Å². The van der Waals surface area contributed by atoms with Crippen LogP contribution in [0.15, 0.2) is 12.3 Å². The number of amides is 2. The molecule has 3 heterocycles. The third-order valence-corrected chi connectivity index (χ3v) is 7.06. The van der Waals surface area contributed by atoms with Crippen molar-refractivity contribution in [1.29, 1.82) is 0 Å². The Bertz CT molecular complexity index is 1120. The van der Waals surface area contributed by atoms with Crippen molar-refractivity contribution >= 4 is 29.1 Å². The maximum Gasteiger partial charge on any atom is 0.419 e. The van der Waals surface area contributed by atoms with Crippen molar-refractivity contribution in [2.75, 3.05) is 19.6 Å². The summed E-state index contributed by atoms with van der Waals surface area (Å²) in [6.45, 7) is 0.0292. The van der Waals surface area contributed by atoms with Crippen LogP contribution in [-0.2, 0) is 11.0 Å². The SMILES string of the molecule is O=C(c1nc2c(C(F)(F)F)cc(C3CC3)cn2c1Cl)N1CCN(C2C[C@H](O)[C@@H](O)C2)C(=O)C1. The Kier molecular flexibility index (Phi) is 5.33. The topological polar surface area (TPSA) is 98.4 Å². The number of carbonyl (C=O) groups is 2. The van der Waals surface area contributed by atoms with Gasteiger partial charge in [-0.25, -0.2) is 4.98 Å². The van der Waals surface area contributed by atoms with Gasteiger partial charge >= 0.3 is 6.18 Å². The zero-order valence-corrected chi connectivity index (χ0v) is 18.2. The third kappa shape index (κ3) is 3.95. The Labute approximate surface area is 191 Å². The summed E-state index contributed by atoms with van der Waals surface area (Å²) in [4.78, 5) is 32.4. The number of rotatable bonds is 3. The number of piperazine rings is 1. The van der Waals surface area contributed by atoms with Crippen LogP contribution in [0.25, 0.3) is 5.65 Å². The molecule has 3 fully saturated rings. The van der Waals surface area contributed by atoms with Gasteiger partial charge in [-0.1, -0.05) is 11.6 Å². The zero-order valence-electron chi connectivity index (χ0n) is 17.4. The highest BCUT2D eigenvalue weighted by Gasteiger charge is 2.41. The van der Waals surface area contributed by atoms with E-state index in [-0.39, 0.29) is 61.2 Å². The molecule has 2 aliphatic carbocycles. The van der Waals surface area contributed by atoms with E-state index in [2.05, 4.69) is 4.98 Å². The molecule has 178 valence electrons. The number of fused-ring (bicyclic) bond motifs is 1. The number of nitrogens with zero attached hydrogens (tertiary/aromatic N) is 4. The van der Waals surface area contributed by atoms with Crippen LogP contribution in [0.1, 0.15) is 53.2 Å². The van der Waals surface area contributed by atoms with Gasteiger partial charge in [-0.3, -0.25) is 14.0 Å². The Morgan fingerprint density at radius 3 is 2.39 bits per heavy atom. The molecule has 0 aromatic carbocycles. The second-order valence-corrected chi connectivity index (χ2v) is 9.34. The number of carbonyl (C=O) groups excluding carboxylic acids is 2. The molecule has 2 saturated carbocycles. The summed E-state index contributed by atoms with van der Waals surface area (Å²) in [6.07, 6.45) is -2.88. The predicted octanol–water partition coefficient (Wildman–Crippen LogP) is 2.05. The van der Waals surface area contributed by atoms with Gasteiger partial charge in [-0.2, -0.15) is 13.2 Å². The van der Waals surface area contributed by atoms with Gasteiger partial charge < -0.3 is 20.0 Å². The first-order chi connectivity index (χ1) is 15.5. The molecule has 1 saturated heterocycles. The van der Waals surface area contributed by atoms with Crippen LogP contribution < -0.4 is 0 Å². The van der Waals surface area contributed by atoms with Crippen LogP contribution in [0, 0.1) is 0 Å². The molecule has 2 aromatic rings. The first-order valence-electron chi connectivity index (χ1n) is 10.8. The summed E-state index contributed by atoms with van der Waals surface area (Å²) in [6, 6.07) is 0.742. The molecule has 3 aliphatic rings. The van der Waals surface area contributed by atoms with Gasteiger partial charge in [0.25, 0.3) is 5.91 Å². The quantitative estimate of drug-likeness (QED) is 0.692. The first-order valence-corrected chi connectivity index (χ1v) is 11.2. The van der Waals surface area contributed by atoms with Crippen LogP contribution in [0.4, 0.5) is 13.2 Å². The maximum absolute atomic E-state index is 13.7. The molecular formula is C21H22ClF3N4O4. The molecule has 33 heavy (non-hydrogen) atoms. The first kappa shape index (κ1) is 22.4. The van der Waals surface area contributed by atoms with Crippen molar-refractivity contribution < 1.29 is 33.0 Å². The predicted molar refractivity (Wildman–Crippen MR) is 110 cm³/mol. The van der Waals surface area contributed by atoms with Gasteiger partial charge in [0.1, 0.15) is 11.7 Å². The van der Waals surface area contributed by atoms with E-state index >= 15 is 0 Å². The zero-order chi connectivity index (χ0) is 23.7. The highest BCUT2D eigenvalue weighted by Crippen LogP contribution is 2.43. The van der Waals surface area contributed by atoms with Crippen molar-refractivity contribution in [3.63, 3.8) is 0 Å². The van der Waals surface area contributed by atoms with E-state index in [0.29, 0.717) is 5.56 Å². The molecule has 2 amide bonds. The minimum Gasteiger partial charge on any atom is -0.390 e. The Balaban J connectivity index is 1.41. The number of hydrogen-bond donors (Lipinski definition) is 2. The van der Waals surface area contributed by atoms with Crippen LogP contribution in [0.3, 0.4) is 0 Å². The number of aromatic nitrogens is 2. The summed E-state index contributed by atoms with van der Waals surface area (Å²) in [5.74, 6) is -1.05. The number of halogens is 4. The fraction of sp³-hybridized carbons (Fsp3) is 0.571.